The molecule has 0 radical (unpaired) electrons. The van der Waals surface area contributed by atoms with Crippen molar-refractivity contribution in [1.82, 2.24) is 20.0 Å². The summed E-state index contributed by atoms with van der Waals surface area (Å²) in [7, 11) is 0. The minimum absolute atomic E-state index is 0.267. The number of rotatable bonds is 5. The molecule has 0 fully saturated rings. The summed E-state index contributed by atoms with van der Waals surface area (Å²) in [6.07, 6.45) is 2.73. The molecule has 138 valence electrons. The third-order valence-electron chi connectivity index (χ3n) is 4.41. The summed E-state index contributed by atoms with van der Waals surface area (Å²) in [5, 5.41) is 18.8. The second-order valence-electron chi connectivity index (χ2n) is 6.11. The minimum atomic E-state index is -0.684. The van der Waals surface area contributed by atoms with Gasteiger partial charge in [0.1, 0.15) is 0 Å². The number of amides is 1. The maximum atomic E-state index is 12.6. The van der Waals surface area contributed by atoms with Gasteiger partial charge in [-0.15, -0.1) is 10.2 Å². The zero-order valence-corrected chi connectivity index (χ0v) is 14.9. The molecule has 9 heteroatoms. The standard InChI is InChI=1S/C18H18N6O3/c1-3-24-11(2)14(9-20-24)15-8-16(27-23-15)17(25)21-13-6-4-5-12(7-13)18-22-19-10-26-18/h4-7,9-10,16H,3,8H2,1-2H3,(H,21,25). The predicted molar refractivity (Wildman–Crippen MR) is 97.0 cm³/mol. The first-order chi connectivity index (χ1) is 13.2. The third kappa shape index (κ3) is 3.31. The summed E-state index contributed by atoms with van der Waals surface area (Å²) in [6, 6.07) is 7.17. The number of benzene rings is 1. The second kappa shape index (κ2) is 7.02. The van der Waals surface area contributed by atoms with Crippen molar-refractivity contribution in [2.24, 2.45) is 5.16 Å². The van der Waals surface area contributed by atoms with Gasteiger partial charge >= 0.3 is 0 Å². The largest absolute Gasteiger partial charge is 0.423 e. The molecule has 1 aliphatic heterocycles. The summed E-state index contributed by atoms with van der Waals surface area (Å²) in [5.41, 5.74) is 3.98. The van der Waals surface area contributed by atoms with E-state index in [1.807, 2.05) is 24.6 Å². The zero-order chi connectivity index (χ0) is 18.8. The first-order valence-electron chi connectivity index (χ1n) is 8.58. The highest BCUT2D eigenvalue weighted by Crippen LogP contribution is 2.23. The van der Waals surface area contributed by atoms with Crippen molar-refractivity contribution < 1.29 is 14.0 Å². The van der Waals surface area contributed by atoms with Gasteiger partial charge in [0.2, 0.25) is 18.4 Å². The predicted octanol–water partition coefficient (Wildman–Crippen LogP) is 2.39. The minimum Gasteiger partial charge on any atom is -0.423 e. The summed E-state index contributed by atoms with van der Waals surface area (Å²) >= 11 is 0. The smallest absolute Gasteiger partial charge is 0.268 e. The van der Waals surface area contributed by atoms with Crippen LogP contribution >= 0.6 is 0 Å². The lowest BCUT2D eigenvalue weighted by molar-refractivity contribution is -0.125. The van der Waals surface area contributed by atoms with E-state index in [0.717, 1.165) is 29.1 Å². The van der Waals surface area contributed by atoms with Gasteiger partial charge < -0.3 is 14.6 Å². The molecule has 0 spiro atoms. The van der Waals surface area contributed by atoms with Gasteiger partial charge in [-0.25, -0.2) is 0 Å². The van der Waals surface area contributed by atoms with Crippen LogP contribution in [0.4, 0.5) is 5.69 Å². The zero-order valence-electron chi connectivity index (χ0n) is 14.9. The molecule has 1 amide bonds. The number of carbonyl (C=O) groups is 1. The molecule has 1 N–H and O–H groups in total. The Morgan fingerprint density at radius 1 is 1.41 bits per heavy atom. The maximum absolute atomic E-state index is 12.6. The van der Waals surface area contributed by atoms with Gasteiger partial charge in [-0.2, -0.15) is 5.10 Å². The number of nitrogens with one attached hydrogen (secondary N) is 1. The van der Waals surface area contributed by atoms with E-state index < -0.39 is 6.10 Å². The number of hydrogen-bond acceptors (Lipinski definition) is 7. The van der Waals surface area contributed by atoms with Crippen LogP contribution in [0.2, 0.25) is 0 Å². The molecule has 0 bridgehead atoms. The normalized spacial score (nSPS) is 16.1. The van der Waals surface area contributed by atoms with Crippen molar-refractivity contribution in [2.45, 2.75) is 32.9 Å². The Kier molecular flexibility index (Phi) is 4.41. The Labute approximate surface area is 155 Å². The second-order valence-corrected chi connectivity index (χ2v) is 6.11. The first kappa shape index (κ1) is 17.0. The van der Waals surface area contributed by atoms with Crippen molar-refractivity contribution in [1.29, 1.82) is 0 Å². The number of oxime groups is 1. The van der Waals surface area contributed by atoms with Crippen LogP contribution in [-0.2, 0) is 16.2 Å². The number of aryl methyl sites for hydroxylation is 1. The van der Waals surface area contributed by atoms with E-state index in [-0.39, 0.29) is 5.91 Å². The van der Waals surface area contributed by atoms with Crippen LogP contribution in [0.3, 0.4) is 0 Å². The number of nitrogens with zero attached hydrogens (tertiary/aromatic N) is 5. The van der Waals surface area contributed by atoms with Crippen LogP contribution in [0.25, 0.3) is 11.5 Å². The van der Waals surface area contributed by atoms with Crippen molar-refractivity contribution in [3.63, 3.8) is 0 Å². The van der Waals surface area contributed by atoms with E-state index in [2.05, 4.69) is 25.8 Å². The van der Waals surface area contributed by atoms with Crippen LogP contribution in [0.5, 0.6) is 0 Å². The van der Waals surface area contributed by atoms with Crippen molar-refractivity contribution in [3.8, 4) is 11.5 Å². The van der Waals surface area contributed by atoms with Crippen LogP contribution in [-0.4, -0.2) is 37.7 Å². The fourth-order valence-electron chi connectivity index (χ4n) is 2.98. The van der Waals surface area contributed by atoms with Gasteiger partial charge in [-0.05, 0) is 32.0 Å². The van der Waals surface area contributed by atoms with E-state index in [1.54, 1.807) is 24.4 Å². The molecule has 1 unspecified atom stereocenters. The van der Waals surface area contributed by atoms with Crippen molar-refractivity contribution in [3.05, 3.63) is 48.1 Å². The van der Waals surface area contributed by atoms with Gasteiger partial charge in [0.05, 0.1) is 11.9 Å². The Bertz CT molecular complexity index is 992. The Hall–Kier alpha value is -3.49. The third-order valence-corrected chi connectivity index (χ3v) is 4.41. The fraction of sp³-hybridized carbons (Fsp3) is 0.278. The SMILES string of the molecule is CCn1ncc(C2=NOC(C(=O)Nc3cccc(-c4nnco4)c3)C2)c1C. The van der Waals surface area contributed by atoms with E-state index in [4.69, 9.17) is 9.25 Å². The topological polar surface area (TPSA) is 107 Å². The molecule has 0 aliphatic carbocycles. The van der Waals surface area contributed by atoms with E-state index in [9.17, 15) is 4.79 Å². The number of aromatic nitrogens is 4. The van der Waals surface area contributed by atoms with E-state index in [1.165, 1.54) is 6.39 Å². The van der Waals surface area contributed by atoms with Crippen LogP contribution < -0.4 is 5.32 Å². The van der Waals surface area contributed by atoms with Crippen molar-refractivity contribution >= 4 is 17.3 Å². The molecule has 27 heavy (non-hydrogen) atoms. The average molecular weight is 366 g/mol. The molecule has 1 aliphatic rings. The Morgan fingerprint density at radius 3 is 3.04 bits per heavy atom. The summed E-state index contributed by atoms with van der Waals surface area (Å²) in [4.78, 5) is 17.9. The summed E-state index contributed by atoms with van der Waals surface area (Å²) in [6.45, 7) is 4.78. The highest BCUT2D eigenvalue weighted by atomic mass is 16.6. The Morgan fingerprint density at radius 2 is 2.30 bits per heavy atom. The number of carbonyl (C=O) groups excluding carboxylic acids is 1. The quantitative estimate of drug-likeness (QED) is 0.743. The highest BCUT2D eigenvalue weighted by Gasteiger charge is 2.30. The maximum Gasteiger partial charge on any atom is 0.268 e. The molecule has 2 aromatic heterocycles. The van der Waals surface area contributed by atoms with Crippen LogP contribution in [0.15, 0.2) is 46.4 Å². The van der Waals surface area contributed by atoms with Gasteiger partial charge in [-0.1, -0.05) is 11.2 Å². The molecule has 1 aromatic carbocycles. The lowest BCUT2D eigenvalue weighted by Gasteiger charge is -2.10. The molecule has 3 aromatic rings. The molecular weight excluding hydrogens is 348 g/mol. The molecule has 4 rings (SSSR count). The van der Waals surface area contributed by atoms with Crippen LogP contribution in [0, 0.1) is 6.92 Å². The molecule has 0 saturated carbocycles. The molecular formula is C18H18N6O3. The average Bonchev–Trinajstić information content (AvgIpc) is 3.42. The Balaban J connectivity index is 1.43. The molecule has 0 saturated heterocycles. The highest BCUT2D eigenvalue weighted by molar-refractivity contribution is 6.06. The fourth-order valence-corrected chi connectivity index (χ4v) is 2.98. The number of anilines is 1. The van der Waals surface area contributed by atoms with Gasteiger partial charge in [-0.3, -0.25) is 9.48 Å². The van der Waals surface area contributed by atoms with Crippen LogP contribution in [0.1, 0.15) is 24.6 Å². The van der Waals surface area contributed by atoms with Crippen molar-refractivity contribution in [2.75, 3.05) is 5.32 Å². The lowest BCUT2D eigenvalue weighted by atomic mass is 10.1. The summed E-state index contributed by atoms with van der Waals surface area (Å²) < 4.78 is 7.06. The lowest BCUT2D eigenvalue weighted by Crippen LogP contribution is -2.28. The monoisotopic (exact) mass is 366 g/mol. The summed E-state index contributed by atoms with van der Waals surface area (Å²) in [5.74, 6) is 0.120. The first-order valence-corrected chi connectivity index (χ1v) is 8.58. The molecule has 3 heterocycles. The van der Waals surface area contributed by atoms with Gasteiger partial charge in [0, 0.05) is 35.5 Å². The number of hydrogen-bond donors (Lipinski definition) is 1. The van der Waals surface area contributed by atoms with E-state index >= 15 is 0 Å². The molecule has 9 nitrogen and oxygen atoms in total. The molecule has 1 atom stereocenters. The van der Waals surface area contributed by atoms with Gasteiger partial charge in [0.15, 0.2) is 0 Å². The van der Waals surface area contributed by atoms with E-state index in [0.29, 0.717) is 18.0 Å². The van der Waals surface area contributed by atoms with Gasteiger partial charge in [0.25, 0.3) is 5.91 Å².